The number of halogens is 1. The SMILES string of the molecule is Cc1ccc(OCc2ccc(C(=O)NC3CCN(Cc4ccc(F)cc4)CC3)o2)c(C)c1. The van der Waals surface area contributed by atoms with Crippen molar-refractivity contribution in [3.8, 4) is 5.75 Å². The van der Waals surface area contributed by atoms with Crippen LogP contribution in [0.1, 0.15) is 45.8 Å². The fraction of sp³-hybridized carbons (Fsp3) is 0.346. The zero-order chi connectivity index (χ0) is 22.5. The number of ether oxygens (including phenoxy) is 1. The number of piperidine rings is 1. The molecule has 1 saturated heterocycles. The first-order valence-electron chi connectivity index (χ1n) is 11.0. The van der Waals surface area contributed by atoms with Gasteiger partial charge in [-0.3, -0.25) is 9.69 Å². The second-order valence-corrected chi connectivity index (χ2v) is 8.47. The minimum atomic E-state index is -0.215. The van der Waals surface area contributed by atoms with E-state index in [0.29, 0.717) is 11.5 Å². The molecule has 3 aromatic rings. The Kier molecular flexibility index (Phi) is 6.90. The van der Waals surface area contributed by atoms with Gasteiger partial charge >= 0.3 is 0 Å². The number of likely N-dealkylation sites (tertiary alicyclic amines) is 1. The summed E-state index contributed by atoms with van der Waals surface area (Å²) in [5.41, 5.74) is 3.36. The molecule has 0 unspecified atom stereocenters. The number of hydrogen-bond acceptors (Lipinski definition) is 4. The van der Waals surface area contributed by atoms with Crippen LogP contribution in [0.25, 0.3) is 0 Å². The molecule has 0 bridgehead atoms. The fourth-order valence-corrected chi connectivity index (χ4v) is 4.03. The summed E-state index contributed by atoms with van der Waals surface area (Å²) >= 11 is 0. The lowest BCUT2D eigenvalue weighted by Gasteiger charge is -2.32. The van der Waals surface area contributed by atoms with Crippen molar-refractivity contribution in [2.75, 3.05) is 13.1 Å². The van der Waals surface area contributed by atoms with E-state index in [-0.39, 0.29) is 24.4 Å². The highest BCUT2D eigenvalue weighted by molar-refractivity contribution is 5.91. The van der Waals surface area contributed by atoms with Crippen molar-refractivity contribution in [2.45, 2.75) is 45.9 Å². The van der Waals surface area contributed by atoms with Crippen molar-refractivity contribution >= 4 is 5.91 Å². The van der Waals surface area contributed by atoms with Crippen LogP contribution in [0.3, 0.4) is 0 Å². The normalized spacial score (nSPS) is 15.0. The van der Waals surface area contributed by atoms with Gasteiger partial charge in [0.05, 0.1) is 0 Å². The third-order valence-corrected chi connectivity index (χ3v) is 5.83. The van der Waals surface area contributed by atoms with Crippen LogP contribution in [0, 0.1) is 19.7 Å². The molecule has 2 heterocycles. The summed E-state index contributed by atoms with van der Waals surface area (Å²) in [6.45, 7) is 6.89. The van der Waals surface area contributed by atoms with Crippen LogP contribution < -0.4 is 10.1 Å². The highest BCUT2D eigenvalue weighted by atomic mass is 19.1. The predicted molar refractivity (Wildman–Crippen MR) is 121 cm³/mol. The lowest BCUT2D eigenvalue weighted by atomic mass is 10.0. The molecule has 168 valence electrons. The molecule has 1 aromatic heterocycles. The summed E-state index contributed by atoms with van der Waals surface area (Å²) in [4.78, 5) is 14.9. The summed E-state index contributed by atoms with van der Waals surface area (Å²) in [6, 6.07) is 16.2. The topological polar surface area (TPSA) is 54.7 Å². The van der Waals surface area contributed by atoms with E-state index >= 15 is 0 Å². The van der Waals surface area contributed by atoms with Gasteiger partial charge in [0.2, 0.25) is 0 Å². The van der Waals surface area contributed by atoms with Crippen molar-refractivity contribution < 1.29 is 18.3 Å². The summed E-state index contributed by atoms with van der Waals surface area (Å²) in [6.07, 6.45) is 1.74. The molecule has 0 aliphatic carbocycles. The second-order valence-electron chi connectivity index (χ2n) is 8.47. The Bertz CT molecular complexity index is 1050. The van der Waals surface area contributed by atoms with E-state index in [0.717, 1.165) is 49.4 Å². The third kappa shape index (κ3) is 5.77. The van der Waals surface area contributed by atoms with Crippen molar-refractivity contribution in [2.24, 2.45) is 0 Å². The van der Waals surface area contributed by atoms with Gasteiger partial charge in [0.25, 0.3) is 5.91 Å². The average molecular weight is 437 g/mol. The van der Waals surface area contributed by atoms with Crippen molar-refractivity contribution in [3.63, 3.8) is 0 Å². The van der Waals surface area contributed by atoms with E-state index in [1.54, 1.807) is 12.1 Å². The van der Waals surface area contributed by atoms with Crippen molar-refractivity contribution in [1.82, 2.24) is 10.2 Å². The smallest absolute Gasteiger partial charge is 0.287 e. The Morgan fingerprint density at radius 2 is 1.84 bits per heavy atom. The van der Waals surface area contributed by atoms with Gasteiger partial charge in [0, 0.05) is 25.7 Å². The van der Waals surface area contributed by atoms with E-state index in [1.165, 1.54) is 17.7 Å². The molecule has 0 spiro atoms. The Labute approximate surface area is 188 Å². The van der Waals surface area contributed by atoms with Gasteiger partial charge < -0.3 is 14.5 Å². The van der Waals surface area contributed by atoms with E-state index in [2.05, 4.69) is 16.3 Å². The van der Waals surface area contributed by atoms with Crippen LogP contribution in [0.2, 0.25) is 0 Å². The number of furan rings is 1. The van der Waals surface area contributed by atoms with Crippen LogP contribution >= 0.6 is 0 Å². The highest BCUT2D eigenvalue weighted by Gasteiger charge is 2.22. The quantitative estimate of drug-likeness (QED) is 0.566. The second kappa shape index (κ2) is 10.0. The molecule has 32 heavy (non-hydrogen) atoms. The van der Waals surface area contributed by atoms with Gasteiger partial charge in [-0.2, -0.15) is 0 Å². The number of aryl methyl sites for hydroxylation is 2. The molecular weight excluding hydrogens is 407 g/mol. The molecule has 0 saturated carbocycles. The van der Waals surface area contributed by atoms with Gasteiger partial charge in [0.15, 0.2) is 5.76 Å². The molecule has 1 amide bonds. The fourth-order valence-electron chi connectivity index (χ4n) is 4.03. The first kappa shape index (κ1) is 22.1. The third-order valence-electron chi connectivity index (χ3n) is 5.83. The largest absolute Gasteiger partial charge is 0.485 e. The maximum atomic E-state index is 13.1. The Hall–Kier alpha value is -3.12. The van der Waals surface area contributed by atoms with E-state index in [9.17, 15) is 9.18 Å². The van der Waals surface area contributed by atoms with Crippen molar-refractivity contribution in [3.05, 3.63) is 88.6 Å². The summed E-state index contributed by atoms with van der Waals surface area (Å²) in [5, 5.41) is 3.08. The van der Waals surface area contributed by atoms with Gasteiger partial charge in [0.1, 0.15) is 23.9 Å². The molecule has 1 N–H and O–H groups in total. The average Bonchev–Trinajstić information content (AvgIpc) is 3.25. The highest BCUT2D eigenvalue weighted by Crippen LogP contribution is 2.21. The molecule has 0 radical (unpaired) electrons. The number of benzene rings is 2. The predicted octanol–water partition coefficient (Wildman–Crippen LogP) is 5.01. The number of rotatable bonds is 7. The van der Waals surface area contributed by atoms with Crippen LogP contribution in [0.15, 0.2) is 59.0 Å². The number of nitrogens with zero attached hydrogens (tertiary/aromatic N) is 1. The van der Waals surface area contributed by atoms with E-state index in [4.69, 9.17) is 9.15 Å². The Balaban J connectivity index is 1.23. The maximum Gasteiger partial charge on any atom is 0.287 e. The summed E-state index contributed by atoms with van der Waals surface area (Å²) in [7, 11) is 0. The number of carbonyl (C=O) groups excluding carboxylic acids is 1. The van der Waals surface area contributed by atoms with Gasteiger partial charge in [-0.1, -0.05) is 29.8 Å². The monoisotopic (exact) mass is 436 g/mol. The molecule has 1 fully saturated rings. The van der Waals surface area contributed by atoms with Gasteiger partial charge in [-0.25, -0.2) is 4.39 Å². The lowest BCUT2D eigenvalue weighted by molar-refractivity contribution is 0.0877. The first-order valence-corrected chi connectivity index (χ1v) is 11.0. The lowest BCUT2D eigenvalue weighted by Crippen LogP contribution is -2.44. The molecule has 1 aliphatic rings. The van der Waals surface area contributed by atoms with Crippen LogP contribution in [-0.2, 0) is 13.2 Å². The summed E-state index contributed by atoms with van der Waals surface area (Å²) < 4.78 is 24.6. The molecule has 6 heteroatoms. The molecule has 2 aromatic carbocycles. The molecular formula is C26H29FN2O3. The van der Waals surface area contributed by atoms with Gasteiger partial charge in [-0.05, 0) is 68.1 Å². The summed E-state index contributed by atoms with van der Waals surface area (Å²) in [5.74, 6) is 1.32. The van der Waals surface area contributed by atoms with Crippen molar-refractivity contribution in [1.29, 1.82) is 0 Å². The van der Waals surface area contributed by atoms with Gasteiger partial charge in [-0.15, -0.1) is 0 Å². The van der Waals surface area contributed by atoms with Crippen LogP contribution in [0.5, 0.6) is 5.75 Å². The standard InChI is InChI=1S/C26H29FN2O3/c1-18-3-9-24(19(2)15-18)31-17-23-8-10-25(32-23)26(30)28-22-11-13-29(14-12-22)16-20-4-6-21(27)7-5-20/h3-10,15,22H,11-14,16-17H2,1-2H3,(H,28,30). The molecule has 1 aliphatic heterocycles. The Morgan fingerprint density at radius 1 is 1.09 bits per heavy atom. The van der Waals surface area contributed by atoms with E-state index in [1.807, 2.05) is 38.1 Å². The zero-order valence-corrected chi connectivity index (χ0v) is 18.6. The number of hydrogen-bond donors (Lipinski definition) is 1. The zero-order valence-electron chi connectivity index (χ0n) is 18.6. The molecule has 5 nitrogen and oxygen atoms in total. The minimum Gasteiger partial charge on any atom is -0.485 e. The number of carbonyl (C=O) groups is 1. The number of nitrogens with one attached hydrogen (secondary N) is 1. The molecule has 4 rings (SSSR count). The van der Waals surface area contributed by atoms with E-state index < -0.39 is 0 Å². The first-order chi connectivity index (χ1) is 15.5. The van der Waals surface area contributed by atoms with Crippen LogP contribution in [0.4, 0.5) is 4.39 Å². The number of amides is 1. The maximum absolute atomic E-state index is 13.1. The van der Waals surface area contributed by atoms with Crippen LogP contribution in [-0.4, -0.2) is 29.9 Å². The minimum absolute atomic E-state index is 0.118. The Morgan fingerprint density at radius 3 is 2.56 bits per heavy atom. The molecule has 0 atom stereocenters.